The molecule has 28 heavy (non-hydrogen) atoms. The molecule has 6 nitrogen and oxygen atoms in total. The number of rotatable bonds is 5. The molecule has 2 aromatic rings. The second-order valence-electron chi connectivity index (χ2n) is 6.47. The number of benzene rings is 2. The number of methoxy groups -OCH3 is 1. The molecule has 3 rings (SSSR count). The molecule has 1 heterocycles. The lowest BCUT2D eigenvalue weighted by Crippen LogP contribution is -2.50. The van der Waals surface area contributed by atoms with Crippen LogP contribution in [0, 0.1) is 5.82 Å². The van der Waals surface area contributed by atoms with E-state index in [9.17, 15) is 14.0 Å². The standard InChI is InChI=1S/C20H21BrFN3O3/c1-28-16-6-7-18(21)17(12-16)20(27)25-10-8-24(9-11-25)13-19(26)23-15-4-2-14(22)3-5-15/h2-7,12H,8-11,13H2,1H3,(H,23,26). The highest BCUT2D eigenvalue weighted by Gasteiger charge is 2.24. The number of hydrogen-bond donors (Lipinski definition) is 1. The van der Waals surface area contributed by atoms with E-state index < -0.39 is 0 Å². The van der Waals surface area contributed by atoms with Gasteiger partial charge in [-0.25, -0.2) is 4.39 Å². The lowest BCUT2D eigenvalue weighted by atomic mass is 10.1. The minimum atomic E-state index is -0.346. The Hall–Kier alpha value is -2.45. The Morgan fingerprint density at radius 2 is 1.79 bits per heavy atom. The summed E-state index contributed by atoms with van der Waals surface area (Å²) in [5, 5.41) is 2.75. The van der Waals surface area contributed by atoms with Crippen molar-refractivity contribution in [1.29, 1.82) is 0 Å². The summed E-state index contributed by atoms with van der Waals surface area (Å²) in [6, 6.07) is 11.0. The predicted molar refractivity (Wildman–Crippen MR) is 108 cm³/mol. The summed E-state index contributed by atoms with van der Waals surface area (Å²) in [6.45, 7) is 2.50. The molecule has 0 aromatic heterocycles. The quantitative estimate of drug-likeness (QED) is 0.761. The zero-order valence-electron chi connectivity index (χ0n) is 15.5. The fraction of sp³-hybridized carbons (Fsp3) is 0.300. The predicted octanol–water partition coefficient (Wildman–Crippen LogP) is 2.99. The lowest BCUT2D eigenvalue weighted by molar-refractivity contribution is -0.117. The number of anilines is 1. The van der Waals surface area contributed by atoms with Gasteiger partial charge in [0.15, 0.2) is 0 Å². The third kappa shape index (κ3) is 5.08. The smallest absolute Gasteiger partial charge is 0.255 e. The van der Waals surface area contributed by atoms with E-state index in [1.807, 2.05) is 4.90 Å². The van der Waals surface area contributed by atoms with Gasteiger partial charge >= 0.3 is 0 Å². The molecule has 0 atom stereocenters. The van der Waals surface area contributed by atoms with E-state index in [4.69, 9.17) is 4.74 Å². The Morgan fingerprint density at radius 3 is 2.43 bits per heavy atom. The average Bonchev–Trinajstić information content (AvgIpc) is 2.70. The van der Waals surface area contributed by atoms with Crippen molar-refractivity contribution < 1.29 is 18.7 Å². The number of carbonyl (C=O) groups excluding carboxylic acids is 2. The SMILES string of the molecule is COc1ccc(Br)c(C(=O)N2CCN(CC(=O)Nc3ccc(F)cc3)CC2)c1. The molecule has 1 N–H and O–H groups in total. The molecule has 0 radical (unpaired) electrons. The van der Waals surface area contributed by atoms with Crippen molar-refractivity contribution in [3.63, 3.8) is 0 Å². The topological polar surface area (TPSA) is 61.9 Å². The first-order valence-electron chi connectivity index (χ1n) is 8.87. The van der Waals surface area contributed by atoms with Crippen LogP contribution in [0.4, 0.5) is 10.1 Å². The van der Waals surface area contributed by atoms with Crippen LogP contribution in [-0.2, 0) is 4.79 Å². The number of nitrogens with one attached hydrogen (secondary N) is 1. The summed E-state index contributed by atoms with van der Waals surface area (Å²) in [4.78, 5) is 28.7. The molecule has 2 amide bonds. The first-order chi connectivity index (χ1) is 13.5. The van der Waals surface area contributed by atoms with Crippen molar-refractivity contribution in [3.05, 3.63) is 58.3 Å². The zero-order valence-corrected chi connectivity index (χ0v) is 17.0. The molecular formula is C20H21BrFN3O3. The highest BCUT2D eigenvalue weighted by molar-refractivity contribution is 9.10. The van der Waals surface area contributed by atoms with E-state index in [2.05, 4.69) is 21.2 Å². The van der Waals surface area contributed by atoms with Gasteiger partial charge in [0.1, 0.15) is 11.6 Å². The molecule has 8 heteroatoms. The van der Waals surface area contributed by atoms with Gasteiger partial charge in [-0.1, -0.05) is 0 Å². The van der Waals surface area contributed by atoms with E-state index in [1.54, 1.807) is 30.2 Å². The minimum Gasteiger partial charge on any atom is -0.497 e. The molecule has 0 spiro atoms. The molecule has 1 saturated heterocycles. The fourth-order valence-electron chi connectivity index (χ4n) is 3.01. The minimum absolute atomic E-state index is 0.0683. The van der Waals surface area contributed by atoms with Crippen LogP contribution in [0.2, 0.25) is 0 Å². The molecular weight excluding hydrogens is 429 g/mol. The molecule has 1 fully saturated rings. The van der Waals surface area contributed by atoms with Crippen molar-refractivity contribution in [3.8, 4) is 5.75 Å². The van der Waals surface area contributed by atoms with Crippen LogP contribution >= 0.6 is 15.9 Å². The molecule has 148 valence electrons. The number of nitrogens with zero attached hydrogens (tertiary/aromatic N) is 2. The maximum Gasteiger partial charge on any atom is 0.255 e. The Labute approximate surface area is 171 Å². The maximum atomic E-state index is 12.9. The van der Waals surface area contributed by atoms with Crippen molar-refractivity contribution >= 4 is 33.4 Å². The second-order valence-corrected chi connectivity index (χ2v) is 7.32. The molecule has 0 saturated carbocycles. The molecule has 0 bridgehead atoms. The monoisotopic (exact) mass is 449 g/mol. The number of amides is 2. The Balaban J connectivity index is 1.52. The molecule has 0 unspecified atom stereocenters. The van der Waals surface area contributed by atoms with E-state index in [-0.39, 0.29) is 24.2 Å². The third-order valence-corrected chi connectivity index (χ3v) is 5.25. The normalized spacial score (nSPS) is 14.6. The van der Waals surface area contributed by atoms with Gasteiger partial charge in [-0.15, -0.1) is 0 Å². The van der Waals surface area contributed by atoms with Gasteiger partial charge in [0.05, 0.1) is 19.2 Å². The number of hydrogen-bond acceptors (Lipinski definition) is 4. The fourth-order valence-corrected chi connectivity index (χ4v) is 3.43. The van der Waals surface area contributed by atoms with Crippen molar-refractivity contribution in [2.75, 3.05) is 45.2 Å². The van der Waals surface area contributed by atoms with Crippen molar-refractivity contribution in [2.45, 2.75) is 0 Å². The van der Waals surface area contributed by atoms with Gasteiger partial charge < -0.3 is 15.0 Å². The van der Waals surface area contributed by atoms with Crippen LogP contribution in [0.3, 0.4) is 0 Å². The van der Waals surface area contributed by atoms with Crippen molar-refractivity contribution in [1.82, 2.24) is 9.80 Å². The molecule has 2 aromatic carbocycles. The van der Waals surface area contributed by atoms with Gasteiger partial charge in [0.25, 0.3) is 5.91 Å². The van der Waals surface area contributed by atoms with Crippen LogP contribution in [0.5, 0.6) is 5.75 Å². The van der Waals surface area contributed by atoms with Gasteiger partial charge in [0.2, 0.25) is 5.91 Å². The third-order valence-electron chi connectivity index (χ3n) is 4.56. The molecule has 1 aliphatic rings. The lowest BCUT2D eigenvalue weighted by Gasteiger charge is -2.34. The van der Waals surface area contributed by atoms with Gasteiger partial charge in [-0.3, -0.25) is 14.5 Å². The van der Waals surface area contributed by atoms with Gasteiger partial charge in [-0.2, -0.15) is 0 Å². The molecule has 1 aliphatic heterocycles. The van der Waals surface area contributed by atoms with Crippen LogP contribution in [0.25, 0.3) is 0 Å². The molecule has 0 aliphatic carbocycles. The van der Waals surface area contributed by atoms with E-state index in [0.29, 0.717) is 43.2 Å². The summed E-state index contributed by atoms with van der Waals surface area (Å²) >= 11 is 3.42. The Kier molecular flexibility index (Phi) is 6.64. The number of halogens is 2. The van der Waals surface area contributed by atoms with Crippen LogP contribution in [0.1, 0.15) is 10.4 Å². The summed E-state index contributed by atoms with van der Waals surface area (Å²) < 4.78 is 18.8. The zero-order chi connectivity index (χ0) is 20.1. The highest BCUT2D eigenvalue weighted by atomic mass is 79.9. The number of carbonyl (C=O) groups is 2. The Morgan fingerprint density at radius 1 is 1.11 bits per heavy atom. The Bertz CT molecular complexity index is 852. The van der Waals surface area contributed by atoms with Gasteiger partial charge in [-0.05, 0) is 58.4 Å². The van der Waals surface area contributed by atoms with Crippen molar-refractivity contribution in [2.24, 2.45) is 0 Å². The summed E-state index contributed by atoms with van der Waals surface area (Å²) in [5.41, 5.74) is 1.12. The van der Waals surface area contributed by atoms with Gasteiger partial charge in [0, 0.05) is 36.3 Å². The summed E-state index contributed by atoms with van der Waals surface area (Å²) in [5.74, 6) is 0.0484. The van der Waals surface area contributed by atoms with E-state index in [1.165, 1.54) is 24.3 Å². The number of piperazine rings is 1. The maximum absolute atomic E-state index is 12.9. The summed E-state index contributed by atoms with van der Waals surface area (Å²) in [6.07, 6.45) is 0. The van der Waals surface area contributed by atoms with E-state index >= 15 is 0 Å². The largest absolute Gasteiger partial charge is 0.497 e. The van der Waals surface area contributed by atoms with E-state index in [0.717, 1.165) is 4.47 Å². The highest BCUT2D eigenvalue weighted by Crippen LogP contribution is 2.24. The average molecular weight is 450 g/mol. The first-order valence-corrected chi connectivity index (χ1v) is 9.66. The summed E-state index contributed by atoms with van der Waals surface area (Å²) in [7, 11) is 1.56. The van der Waals surface area contributed by atoms with Crippen LogP contribution < -0.4 is 10.1 Å². The van der Waals surface area contributed by atoms with Crippen LogP contribution in [0.15, 0.2) is 46.9 Å². The first kappa shape index (κ1) is 20.3. The van der Waals surface area contributed by atoms with Crippen LogP contribution in [-0.4, -0.2) is 61.4 Å². The number of ether oxygens (including phenoxy) is 1. The second kappa shape index (κ2) is 9.16.